The van der Waals surface area contributed by atoms with Gasteiger partial charge in [-0.1, -0.05) is 73.3 Å². The minimum Gasteiger partial charge on any atom is -0.373 e. The number of nitrogens with one attached hydrogen (secondary N) is 1. The first kappa shape index (κ1) is 16.4. The van der Waals surface area contributed by atoms with Crippen LogP contribution >= 0.6 is 11.8 Å². The Kier molecular flexibility index (Phi) is 5.39. The minimum absolute atomic E-state index is 0.272. The van der Waals surface area contributed by atoms with Crippen molar-refractivity contribution in [1.29, 1.82) is 0 Å². The Hall–Kier alpha value is -2.45. The number of rotatable bonds is 6. The van der Waals surface area contributed by atoms with E-state index in [1.54, 1.807) is 0 Å². The van der Waals surface area contributed by atoms with Gasteiger partial charge in [0.05, 0.1) is 5.37 Å². The molecule has 3 rings (SSSR count). The van der Waals surface area contributed by atoms with Crippen LogP contribution in [0.15, 0.2) is 90.3 Å². The van der Waals surface area contributed by atoms with Gasteiger partial charge in [-0.25, -0.2) is 0 Å². The van der Waals surface area contributed by atoms with E-state index in [-0.39, 0.29) is 5.37 Å². The highest BCUT2D eigenvalue weighted by atomic mass is 32.2. The van der Waals surface area contributed by atoms with Crippen LogP contribution in [0.5, 0.6) is 0 Å². The Balaban J connectivity index is 1.66. The molecule has 0 aliphatic carbocycles. The molecule has 0 aromatic heterocycles. The molecule has 0 spiro atoms. The average Bonchev–Trinajstić information content (AvgIpc) is 2.63. The van der Waals surface area contributed by atoms with Gasteiger partial charge >= 0.3 is 0 Å². The van der Waals surface area contributed by atoms with Gasteiger partial charge in [-0.3, -0.25) is 0 Å². The van der Waals surface area contributed by atoms with Crippen LogP contribution in [0.4, 0.5) is 5.69 Å². The van der Waals surface area contributed by atoms with E-state index in [0.717, 1.165) is 5.69 Å². The fourth-order valence-corrected chi connectivity index (χ4v) is 3.62. The van der Waals surface area contributed by atoms with Crippen LogP contribution in [0.25, 0.3) is 17.2 Å². The zero-order valence-corrected chi connectivity index (χ0v) is 14.6. The Bertz CT molecular complexity index is 794. The molecule has 0 fully saturated rings. The number of hydrogen-bond acceptors (Lipinski definition) is 2. The summed E-state index contributed by atoms with van der Waals surface area (Å²) in [5, 5.41) is 3.82. The molecule has 0 amide bonds. The standard InChI is InChI=1S/C22H21NS/c1-3-18-9-7-8-12-22(18)24-17(2)23-21-15-13-20(14-16-21)19-10-5-4-6-11-19/h3-17,23H,1H2,2H3. The van der Waals surface area contributed by atoms with Crippen LogP contribution in [-0.4, -0.2) is 5.37 Å². The number of hydrogen-bond donors (Lipinski definition) is 1. The summed E-state index contributed by atoms with van der Waals surface area (Å²) in [6, 6.07) is 27.4. The van der Waals surface area contributed by atoms with Crippen molar-refractivity contribution < 1.29 is 0 Å². The van der Waals surface area contributed by atoms with Gasteiger partial charge in [0, 0.05) is 10.6 Å². The highest BCUT2D eigenvalue weighted by molar-refractivity contribution is 8.00. The number of benzene rings is 3. The molecular formula is C22H21NS. The molecule has 0 aliphatic rings. The molecule has 3 aromatic rings. The van der Waals surface area contributed by atoms with Crippen LogP contribution in [-0.2, 0) is 0 Å². The van der Waals surface area contributed by atoms with Crippen molar-refractivity contribution in [1.82, 2.24) is 0 Å². The molecule has 1 atom stereocenters. The van der Waals surface area contributed by atoms with Crippen LogP contribution in [0.3, 0.4) is 0 Å². The van der Waals surface area contributed by atoms with Crippen molar-refractivity contribution in [3.8, 4) is 11.1 Å². The lowest BCUT2D eigenvalue weighted by molar-refractivity contribution is 1.12. The zero-order valence-electron chi connectivity index (χ0n) is 13.8. The largest absolute Gasteiger partial charge is 0.373 e. The first-order valence-electron chi connectivity index (χ1n) is 8.06. The van der Waals surface area contributed by atoms with E-state index in [1.165, 1.54) is 21.6 Å². The average molecular weight is 331 g/mol. The fraction of sp³-hybridized carbons (Fsp3) is 0.0909. The van der Waals surface area contributed by atoms with Crippen molar-refractivity contribution in [2.75, 3.05) is 5.32 Å². The molecule has 1 unspecified atom stereocenters. The Morgan fingerprint density at radius 3 is 2.17 bits per heavy atom. The summed E-state index contributed by atoms with van der Waals surface area (Å²) in [6.07, 6.45) is 1.91. The summed E-state index contributed by atoms with van der Waals surface area (Å²) in [6.45, 7) is 6.06. The smallest absolute Gasteiger partial charge is 0.0740 e. The fourth-order valence-electron chi connectivity index (χ4n) is 2.60. The van der Waals surface area contributed by atoms with Crippen LogP contribution < -0.4 is 5.32 Å². The zero-order chi connectivity index (χ0) is 16.8. The summed E-state index contributed by atoms with van der Waals surface area (Å²) in [5.74, 6) is 0. The lowest BCUT2D eigenvalue weighted by Gasteiger charge is -2.16. The van der Waals surface area contributed by atoms with Crippen LogP contribution in [0, 0.1) is 0 Å². The highest BCUT2D eigenvalue weighted by Crippen LogP contribution is 2.29. The molecule has 0 bridgehead atoms. The highest BCUT2D eigenvalue weighted by Gasteiger charge is 2.07. The van der Waals surface area contributed by atoms with Gasteiger partial charge in [0.1, 0.15) is 0 Å². The second-order valence-corrected chi connectivity index (χ2v) is 6.97. The van der Waals surface area contributed by atoms with Gasteiger partial charge in [-0.05, 0) is 41.8 Å². The molecule has 120 valence electrons. The predicted molar refractivity (Wildman–Crippen MR) is 107 cm³/mol. The van der Waals surface area contributed by atoms with E-state index in [2.05, 4.69) is 85.5 Å². The summed E-state index contributed by atoms with van der Waals surface area (Å²) in [4.78, 5) is 1.24. The normalized spacial score (nSPS) is 11.7. The van der Waals surface area contributed by atoms with Crippen molar-refractivity contribution in [3.63, 3.8) is 0 Å². The Labute approximate surface area is 148 Å². The molecule has 1 nitrogen and oxygen atoms in total. The van der Waals surface area contributed by atoms with E-state index in [1.807, 2.05) is 30.0 Å². The monoisotopic (exact) mass is 331 g/mol. The molecule has 0 saturated carbocycles. The van der Waals surface area contributed by atoms with Gasteiger partial charge in [-0.15, -0.1) is 11.8 Å². The van der Waals surface area contributed by atoms with Gasteiger partial charge < -0.3 is 5.32 Å². The maximum absolute atomic E-state index is 3.89. The van der Waals surface area contributed by atoms with E-state index in [0.29, 0.717) is 0 Å². The topological polar surface area (TPSA) is 12.0 Å². The first-order chi connectivity index (χ1) is 11.8. The predicted octanol–water partition coefficient (Wildman–Crippen LogP) is 6.55. The lowest BCUT2D eigenvalue weighted by atomic mass is 10.1. The Morgan fingerprint density at radius 1 is 0.833 bits per heavy atom. The number of thioether (sulfide) groups is 1. The van der Waals surface area contributed by atoms with Gasteiger partial charge in [-0.2, -0.15) is 0 Å². The summed E-state index contributed by atoms with van der Waals surface area (Å²) < 4.78 is 0. The van der Waals surface area contributed by atoms with Crippen LogP contribution in [0.2, 0.25) is 0 Å². The van der Waals surface area contributed by atoms with Gasteiger partial charge in [0.2, 0.25) is 0 Å². The van der Waals surface area contributed by atoms with Gasteiger partial charge in [0.25, 0.3) is 0 Å². The van der Waals surface area contributed by atoms with Crippen molar-refractivity contribution in [2.45, 2.75) is 17.2 Å². The summed E-state index contributed by atoms with van der Waals surface area (Å²) in [7, 11) is 0. The van der Waals surface area contributed by atoms with Crippen molar-refractivity contribution >= 4 is 23.5 Å². The lowest BCUT2D eigenvalue weighted by Crippen LogP contribution is -2.10. The number of anilines is 1. The SMILES string of the molecule is C=Cc1ccccc1SC(C)Nc1ccc(-c2ccccc2)cc1. The third-order valence-electron chi connectivity index (χ3n) is 3.80. The quantitative estimate of drug-likeness (QED) is 0.406. The first-order valence-corrected chi connectivity index (χ1v) is 8.94. The third kappa shape index (κ3) is 4.09. The maximum atomic E-state index is 3.89. The molecule has 24 heavy (non-hydrogen) atoms. The summed E-state index contributed by atoms with van der Waals surface area (Å²) >= 11 is 1.81. The van der Waals surface area contributed by atoms with Crippen LogP contribution in [0.1, 0.15) is 12.5 Å². The molecule has 0 radical (unpaired) electrons. The second kappa shape index (κ2) is 7.89. The van der Waals surface area contributed by atoms with Crippen molar-refractivity contribution in [2.24, 2.45) is 0 Å². The molecule has 3 aromatic carbocycles. The molecule has 0 aliphatic heterocycles. The third-order valence-corrected chi connectivity index (χ3v) is 4.90. The van der Waals surface area contributed by atoms with E-state index in [9.17, 15) is 0 Å². The summed E-state index contributed by atoms with van der Waals surface area (Å²) in [5.41, 5.74) is 4.78. The van der Waals surface area contributed by atoms with E-state index >= 15 is 0 Å². The van der Waals surface area contributed by atoms with E-state index in [4.69, 9.17) is 0 Å². The minimum atomic E-state index is 0.272. The molecule has 0 saturated heterocycles. The van der Waals surface area contributed by atoms with Crippen molar-refractivity contribution in [3.05, 3.63) is 91.0 Å². The maximum Gasteiger partial charge on any atom is 0.0740 e. The second-order valence-electron chi connectivity index (χ2n) is 5.59. The Morgan fingerprint density at radius 2 is 1.46 bits per heavy atom. The van der Waals surface area contributed by atoms with Gasteiger partial charge in [0.15, 0.2) is 0 Å². The molecule has 0 heterocycles. The molecule has 2 heteroatoms. The molecular weight excluding hydrogens is 310 g/mol. The molecule has 1 N–H and O–H groups in total. The van der Waals surface area contributed by atoms with E-state index < -0.39 is 0 Å².